The van der Waals surface area contributed by atoms with Gasteiger partial charge in [0.25, 0.3) is 0 Å². The molecule has 2 rings (SSSR count). The minimum Gasteiger partial charge on any atom is -0.497 e. The first kappa shape index (κ1) is 22.1. The van der Waals surface area contributed by atoms with Crippen LogP contribution in [0.1, 0.15) is 24.8 Å². The molecule has 0 bridgehead atoms. The van der Waals surface area contributed by atoms with E-state index in [9.17, 15) is 14.7 Å². The number of carbonyl (C=O) groups excluding carboxylic acids is 2. The molecule has 0 spiro atoms. The predicted octanol–water partition coefficient (Wildman–Crippen LogP) is 0.288. The Balaban J connectivity index is 1.76. The Kier molecular flexibility index (Phi) is 8.69. The first-order chi connectivity index (χ1) is 13.4. The van der Waals surface area contributed by atoms with Crippen molar-refractivity contribution >= 4 is 11.8 Å². The second-order valence-electron chi connectivity index (χ2n) is 7.30. The van der Waals surface area contributed by atoms with E-state index < -0.39 is 6.10 Å². The molecule has 0 saturated carbocycles. The normalized spacial score (nSPS) is 22.0. The van der Waals surface area contributed by atoms with Crippen molar-refractivity contribution in [3.05, 3.63) is 29.8 Å². The molecule has 0 radical (unpaired) electrons. The van der Waals surface area contributed by atoms with Crippen LogP contribution in [0, 0.1) is 0 Å². The van der Waals surface area contributed by atoms with Crippen molar-refractivity contribution in [2.24, 2.45) is 0 Å². The zero-order chi connectivity index (χ0) is 20.5. The minimum atomic E-state index is -0.501. The first-order valence-electron chi connectivity index (χ1n) is 9.51. The molecule has 3 atom stereocenters. The second kappa shape index (κ2) is 11.0. The van der Waals surface area contributed by atoms with E-state index in [1.807, 2.05) is 38.4 Å². The number of aliphatic hydroxyl groups excluding tert-OH is 1. The van der Waals surface area contributed by atoms with Crippen LogP contribution in [0.2, 0.25) is 0 Å². The molecule has 0 aliphatic carbocycles. The van der Waals surface area contributed by atoms with Crippen LogP contribution in [0.5, 0.6) is 5.75 Å². The summed E-state index contributed by atoms with van der Waals surface area (Å²) in [4.78, 5) is 26.0. The number of aliphatic hydroxyl groups is 1. The van der Waals surface area contributed by atoms with Gasteiger partial charge in [-0.15, -0.1) is 0 Å². The molecule has 1 aliphatic rings. The smallest absolute Gasteiger partial charge is 0.234 e. The third kappa shape index (κ3) is 7.10. The fraction of sp³-hybridized carbons (Fsp3) is 0.600. The Hall–Kier alpha value is -2.16. The zero-order valence-electron chi connectivity index (χ0n) is 16.8. The Morgan fingerprint density at radius 1 is 1.21 bits per heavy atom. The number of hydrogen-bond donors (Lipinski definition) is 3. The van der Waals surface area contributed by atoms with Crippen LogP contribution in [-0.2, 0) is 20.9 Å². The monoisotopic (exact) mass is 393 g/mol. The maximum atomic E-state index is 12.2. The largest absolute Gasteiger partial charge is 0.497 e. The van der Waals surface area contributed by atoms with Crippen molar-refractivity contribution in [3.63, 3.8) is 0 Å². The second-order valence-corrected chi connectivity index (χ2v) is 7.30. The van der Waals surface area contributed by atoms with Crippen LogP contribution in [0.4, 0.5) is 0 Å². The summed E-state index contributed by atoms with van der Waals surface area (Å²) in [6, 6.07) is 7.26. The van der Waals surface area contributed by atoms with Gasteiger partial charge in [0, 0.05) is 6.54 Å². The number of nitrogens with zero attached hydrogens (tertiary/aromatic N) is 1. The number of rotatable bonds is 9. The number of hydrogen-bond acceptors (Lipinski definition) is 6. The summed E-state index contributed by atoms with van der Waals surface area (Å²) in [5, 5.41) is 15.4. The van der Waals surface area contributed by atoms with Gasteiger partial charge in [-0.3, -0.25) is 9.59 Å². The number of likely N-dealkylation sites (N-methyl/N-ethyl adjacent to an activating group) is 1. The van der Waals surface area contributed by atoms with Gasteiger partial charge in [0.1, 0.15) is 11.9 Å². The van der Waals surface area contributed by atoms with Crippen LogP contribution >= 0.6 is 0 Å². The van der Waals surface area contributed by atoms with E-state index in [1.54, 1.807) is 12.0 Å². The molecular formula is C20H31N3O5. The average molecular weight is 393 g/mol. The number of nitrogens with one attached hydrogen (secondary N) is 2. The van der Waals surface area contributed by atoms with Gasteiger partial charge in [-0.1, -0.05) is 12.1 Å². The van der Waals surface area contributed by atoms with Gasteiger partial charge in [-0.05, 0) is 44.6 Å². The molecule has 0 aromatic heterocycles. The fourth-order valence-electron chi connectivity index (χ4n) is 3.21. The summed E-state index contributed by atoms with van der Waals surface area (Å²) in [6.07, 6.45) is 0.778. The van der Waals surface area contributed by atoms with Crippen molar-refractivity contribution in [3.8, 4) is 5.75 Å². The molecule has 8 nitrogen and oxygen atoms in total. The molecule has 1 fully saturated rings. The van der Waals surface area contributed by atoms with E-state index >= 15 is 0 Å². The predicted molar refractivity (Wildman–Crippen MR) is 105 cm³/mol. The molecule has 1 heterocycles. The summed E-state index contributed by atoms with van der Waals surface area (Å²) >= 11 is 0. The molecular weight excluding hydrogens is 362 g/mol. The average Bonchev–Trinajstić information content (AvgIpc) is 2.67. The molecule has 156 valence electrons. The summed E-state index contributed by atoms with van der Waals surface area (Å²) in [5.41, 5.74) is 0.982. The quantitative estimate of drug-likeness (QED) is 0.558. The van der Waals surface area contributed by atoms with Gasteiger partial charge < -0.3 is 30.1 Å². The van der Waals surface area contributed by atoms with Crippen molar-refractivity contribution in [1.82, 2.24) is 15.5 Å². The number of methoxy groups -OCH3 is 1. The lowest BCUT2D eigenvalue weighted by Gasteiger charge is -2.36. The lowest BCUT2D eigenvalue weighted by molar-refractivity contribution is -0.136. The van der Waals surface area contributed by atoms with E-state index in [-0.39, 0.29) is 43.5 Å². The lowest BCUT2D eigenvalue weighted by atomic mass is 9.97. The third-order valence-corrected chi connectivity index (χ3v) is 4.66. The fourth-order valence-corrected chi connectivity index (χ4v) is 3.21. The summed E-state index contributed by atoms with van der Waals surface area (Å²) in [6.45, 7) is 0.519. The number of amides is 2. The van der Waals surface area contributed by atoms with Gasteiger partial charge in [-0.2, -0.15) is 0 Å². The number of ether oxygens (including phenoxy) is 2. The summed E-state index contributed by atoms with van der Waals surface area (Å²) in [7, 11) is 5.25. The third-order valence-electron chi connectivity index (χ3n) is 4.66. The lowest BCUT2D eigenvalue weighted by Crippen LogP contribution is -2.52. The van der Waals surface area contributed by atoms with Crippen molar-refractivity contribution in [1.29, 1.82) is 0 Å². The van der Waals surface area contributed by atoms with Crippen molar-refractivity contribution < 1.29 is 24.2 Å². The highest BCUT2D eigenvalue weighted by atomic mass is 16.5. The van der Waals surface area contributed by atoms with Crippen LogP contribution in [0.15, 0.2) is 24.3 Å². The van der Waals surface area contributed by atoms with Crippen LogP contribution in [-0.4, -0.2) is 74.4 Å². The summed E-state index contributed by atoms with van der Waals surface area (Å²) in [5.74, 6) is 0.563. The van der Waals surface area contributed by atoms with Crippen LogP contribution in [0.3, 0.4) is 0 Å². The van der Waals surface area contributed by atoms with E-state index in [0.717, 1.165) is 11.3 Å². The van der Waals surface area contributed by atoms with E-state index in [0.29, 0.717) is 19.4 Å². The summed E-state index contributed by atoms with van der Waals surface area (Å²) < 4.78 is 11.0. The van der Waals surface area contributed by atoms with Crippen LogP contribution < -0.4 is 15.4 Å². The molecule has 0 unspecified atom stereocenters. The maximum Gasteiger partial charge on any atom is 0.234 e. The Morgan fingerprint density at radius 2 is 1.93 bits per heavy atom. The standard InChI is InChI=1S/C20H31N3O5/c1-23(2)12-20(26)22-17-9-8-16(28-18(17)13-24)10-19(25)21-11-14-4-6-15(27-3)7-5-14/h4-7,16-18,24H,8-13H2,1-3H3,(H,21,25)(H,22,26)/t16-,17+,18+/m0/s1. The zero-order valence-corrected chi connectivity index (χ0v) is 16.8. The topological polar surface area (TPSA) is 100 Å². The first-order valence-corrected chi connectivity index (χ1v) is 9.51. The number of benzene rings is 1. The Labute approximate surface area is 166 Å². The molecule has 1 aromatic carbocycles. The highest BCUT2D eigenvalue weighted by molar-refractivity contribution is 5.78. The molecule has 1 aliphatic heterocycles. The van der Waals surface area contributed by atoms with Crippen LogP contribution in [0.25, 0.3) is 0 Å². The molecule has 8 heteroatoms. The van der Waals surface area contributed by atoms with Gasteiger partial charge in [0.15, 0.2) is 0 Å². The van der Waals surface area contributed by atoms with E-state index in [2.05, 4.69) is 10.6 Å². The van der Waals surface area contributed by atoms with Gasteiger partial charge in [0.05, 0.1) is 38.8 Å². The molecule has 2 amide bonds. The number of carbonyl (C=O) groups is 2. The van der Waals surface area contributed by atoms with Gasteiger partial charge in [-0.25, -0.2) is 0 Å². The molecule has 1 saturated heterocycles. The molecule has 28 heavy (non-hydrogen) atoms. The van der Waals surface area contributed by atoms with Gasteiger partial charge in [0.2, 0.25) is 11.8 Å². The highest BCUT2D eigenvalue weighted by Gasteiger charge is 2.32. The SMILES string of the molecule is COc1ccc(CNC(=O)C[C@@H]2CC[C@@H](NC(=O)CN(C)C)[C@@H](CO)O2)cc1. The Morgan fingerprint density at radius 3 is 2.54 bits per heavy atom. The Bertz CT molecular complexity index is 635. The maximum absolute atomic E-state index is 12.2. The minimum absolute atomic E-state index is 0.104. The highest BCUT2D eigenvalue weighted by Crippen LogP contribution is 2.22. The van der Waals surface area contributed by atoms with Crippen molar-refractivity contribution in [2.75, 3.05) is 34.4 Å². The van der Waals surface area contributed by atoms with E-state index in [4.69, 9.17) is 9.47 Å². The van der Waals surface area contributed by atoms with Gasteiger partial charge >= 0.3 is 0 Å². The molecule has 1 aromatic rings. The molecule has 3 N–H and O–H groups in total. The van der Waals surface area contributed by atoms with Crippen molar-refractivity contribution in [2.45, 2.75) is 44.1 Å². The van der Waals surface area contributed by atoms with E-state index in [1.165, 1.54) is 0 Å².